The number of nitrogens with zero attached hydrogens (tertiary/aromatic N) is 4. The molecule has 0 aromatic carbocycles. The van der Waals surface area contributed by atoms with Crippen molar-refractivity contribution < 1.29 is 9.53 Å². The number of aryl methyl sites for hydroxylation is 2. The number of ether oxygens (including phenoxy) is 1. The molecule has 0 unspecified atom stereocenters. The van der Waals surface area contributed by atoms with Crippen molar-refractivity contribution in [2.75, 3.05) is 44.8 Å². The van der Waals surface area contributed by atoms with Crippen molar-refractivity contribution in [1.29, 1.82) is 0 Å². The maximum atomic E-state index is 12.3. The highest BCUT2D eigenvalue weighted by Crippen LogP contribution is 2.39. The second-order valence-corrected chi connectivity index (χ2v) is 7.84. The summed E-state index contributed by atoms with van der Waals surface area (Å²) in [4.78, 5) is 26.1. The molecular weight excluding hydrogens is 328 g/mol. The third kappa shape index (κ3) is 4.17. The lowest BCUT2D eigenvalue weighted by atomic mass is 9.73. The minimum Gasteiger partial charge on any atom is -0.385 e. The molecule has 0 aliphatic carbocycles. The lowest BCUT2D eigenvalue weighted by molar-refractivity contribution is -0.138. The van der Waals surface area contributed by atoms with Crippen molar-refractivity contribution in [2.24, 2.45) is 5.41 Å². The molecule has 1 amide bonds. The lowest BCUT2D eigenvalue weighted by Gasteiger charge is -2.48. The Kier molecular flexibility index (Phi) is 6.12. The highest BCUT2D eigenvalue weighted by atomic mass is 16.5. The number of methoxy groups -OCH3 is 1. The Morgan fingerprint density at radius 1 is 1.31 bits per heavy atom. The zero-order chi connectivity index (χ0) is 18.6. The van der Waals surface area contributed by atoms with Crippen molar-refractivity contribution >= 4 is 11.9 Å². The monoisotopic (exact) mass is 360 g/mol. The largest absolute Gasteiger partial charge is 0.385 e. The summed E-state index contributed by atoms with van der Waals surface area (Å²) in [6.45, 7) is 8.54. The molecule has 144 valence electrons. The molecule has 0 radical (unpaired) electrons. The van der Waals surface area contributed by atoms with Crippen molar-refractivity contribution in [3.8, 4) is 0 Å². The molecule has 1 aromatic rings. The van der Waals surface area contributed by atoms with E-state index in [1.807, 2.05) is 6.20 Å². The normalized spacial score (nSPS) is 23.7. The predicted molar refractivity (Wildman–Crippen MR) is 102 cm³/mol. The molecule has 2 saturated heterocycles. The highest BCUT2D eigenvalue weighted by Gasteiger charge is 2.42. The molecule has 26 heavy (non-hydrogen) atoms. The first-order chi connectivity index (χ1) is 12.6. The van der Waals surface area contributed by atoms with Gasteiger partial charge in [0, 0.05) is 63.6 Å². The molecule has 0 N–H and O–H groups in total. The van der Waals surface area contributed by atoms with Crippen molar-refractivity contribution in [1.82, 2.24) is 14.9 Å². The Bertz CT molecular complexity index is 636. The zero-order valence-electron chi connectivity index (χ0n) is 16.5. The van der Waals surface area contributed by atoms with E-state index >= 15 is 0 Å². The van der Waals surface area contributed by atoms with Crippen LogP contribution >= 0.6 is 0 Å². The number of aromatic nitrogens is 2. The molecule has 6 nitrogen and oxygen atoms in total. The van der Waals surface area contributed by atoms with Crippen molar-refractivity contribution in [3.05, 3.63) is 17.5 Å². The summed E-state index contributed by atoms with van der Waals surface area (Å²) < 4.78 is 5.15. The summed E-state index contributed by atoms with van der Waals surface area (Å²) >= 11 is 0. The van der Waals surface area contributed by atoms with Gasteiger partial charge < -0.3 is 14.5 Å². The molecule has 1 atom stereocenters. The molecule has 0 bridgehead atoms. The van der Waals surface area contributed by atoms with Gasteiger partial charge in [0.1, 0.15) is 0 Å². The van der Waals surface area contributed by atoms with E-state index < -0.39 is 0 Å². The Labute approximate surface area is 156 Å². The van der Waals surface area contributed by atoms with Crippen LogP contribution in [0.25, 0.3) is 0 Å². The van der Waals surface area contributed by atoms with Gasteiger partial charge in [-0.25, -0.2) is 9.97 Å². The van der Waals surface area contributed by atoms with Crippen LogP contribution < -0.4 is 4.90 Å². The van der Waals surface area contributed by atoms with Crippen LogP contribution in [0.3, 0.4) is 0 Å². The van der Waals surface area contributed by atoms with Crippen LogP contribution in [0.15, 0.2) is 6.20 Å². The quantitative estimate of drug-likeness (QED) is 0.730. The van der Waals surface area contributed by atoms with E-state index in [1.165, 1.54) is 6.42 Å². The molecule has 6 heteroatoms. The van der Waals surface area contributed by atoms with Crippen LogP contribution in [0, 0.1) is 12.3 Å². The second kappa shape index (κ2) is 8.33. The Hall–Kier alpha value is -1.69. The first kappa shape index (κ1) is 19.1. The van der Waals surface area contributed by atoms with E-state index in [0.717, 1.165) is 69.1 Å². The molecule has 3 heterocycles. The van der Waals surface area contributed by atoms with Gasteiger partial charge in [-0.15, -0.1) is 0 Å². The van der Waals surface area contributed by atoms with Crippen LogP contribution in [-0.2, 0) is 16.0 Å². The molecular formula is C20H32N4O2. The minimum atomic E-state index is 0.180. The fourth-order valence-corrected chi connectivity index (χ4v) is 4.39. The summed E-state index contributed by atoms with van der Waals surface area (Å²) in [5, 5.41) is 0. The molecule has 3 rings (SSSR count). The first-order valence-corrected chi connectivity index (χ1v) is 9.91. The lowest BCUT2D eigenvalue weighted by Crippen LogP contribution is -2.54. The second-order valence-electron chi connectivity index (χ2n) is 7.84. The first-order valence-electron chi connectivity index (χ1n) is 9.91. The third-order valence-electron chi connectivity index (χ3n) is 5.87. The fraction of sp³-hybridized carbons (Fsp3) is 0.750. The van der Waals surface area contributed by atoms with E-state index in [9.17, 15) is 4.79 Å². The van der Waals surface area contributed by atoms with Crippen LogP contribution in [0.2, 0.25) is 0 Å². The molecule has 1 aromatic heterocycles. The number of amides is 1. The van der Waals surface area contributed by atoms with Gasteiger partial charge in [-0.3, -0.25) is 4.79 Å². The average molecular weight is 361 g/mol. The summed E-state index contributed by atoms with van der Waals surface area (Å²) in [5.41, 5.74) is 2.48. The van der Waals surface area contributed by atoms with E-state index in [1.54, 1.807) is 7.11 Å². The van der Waals surface area contributed by atoms with Gasteiger partial charge >= 0.3 is 0 Å². The van der Waals surface area contributed by atoms with Crippen LogP contribution in [0.5, 0.6) is 0 Å². The molecule has 1 spiro atoms. The number of hydrogen-bond acceptors (Lipinski definition) is 5. The maximum absolute atomic E-state index is 12.3. The topological polar surface area (TPSA) is 58.6 Å². The number of hydrogen-bond donors (Lipinski definition) is 0. The van der Waals surface area contributed by atoms with Crippen molar-refractivity contribution in [3.63, 3.8) is 0 Å². The molecule has 2 fully saturated rings. The van der Waals surface area contributed by atoms with Gasteiger partial charge in [0.25, 0.3) is 0 Å². The van der Waals surface area contributed by atoms with Gasteiger partial charge in [-0.05, 0) is 44.6 Å². The van der Waals surface area contributed by atoms with E-state index in [0.29, 0.717) is 18.9 Å². The van der Waals surface area contributed by atoms with Gasteiger partial charge in [0.15, 0.2) is 0 Å². The Morgan fingerprint density at radius 3 is 2.92 bits per heavy atom. The number of anilines is 1. The predicted octanol–water partition coefficient (Wildman–Crippen LogP) is 2.59. The van der Waals surface area contributed by atoms with E-state index in [2.05, 4.69) is 28.6 Å². The van der Waals surface area contributed by atoms with Gasteiger partial charge in [0.2, 0.25) is 11.9 Å². The van der Waals surface area contributed by atoms with Crippen LogP contribution in [0.4, 0.5) is 5.95 Å². The van der Waals surface area contributed by atoms with Gasteiger partial charge in [-0.2, -0.15) is 0 Å². The zero-order valence-corrected chi connectivity index (χ0v) is 16.5. The third-order valence-corrected chi connectivity index (χ3v) is 5.87. The highest BCUT2D eigenvalue weighted by molar-refractivity contribution is 5.77. The molecule has 2 aliphatic rings. The van der Waals surface area contributed by atoms with E-state index in [-0.39, 0.29) is 5.41 Å². The Balaban J connectivity index is 1.71. The smallest absolute Gasteiger partial charge is 0.225 e. The number of piperidine rings is 2. The van der Waals surface area contributed by atoms with Crippen molar-refractivity contribution in [2.45, 2.75) is 52.4 Å². The number of carbonyl (C=O) groups excluding carboxylic acids is 1. The SMILES string of the molecule is CCc1nc(N2CCC[C@@]3(CCC(=O)N(CCCOC)C3)C2)ncc1C. The number of rotatable bonds is 6. The molecule has 2 aliphatic heterocycles. The number of likely N-dealkylation sites (tertiary alicyclic amines) is 1. The van der Waals surface area contributed by atoms with Crippen LogP contribution in [0.1, 0.15) is 50.3 Å². The van der Waals surface area contributed by atoms with Gasteiger partial charge in [-0.1, -0.05) is 6.92 Å². The summed E-state index contributed by atoms with van der Waals surface area (Å²) in [6, 6.07) is 0. The summed E-state index contributed by atoms with van der Waals surface area (Å²) in [6.07, 6.45) is 7.75. The summed E-state index contributed by atoms with van der Waals surface area (Å²) in [7, 11) is 1.71. The maximum Gasteiger partial charge on any atom is 0.225 e. The van der Waals surface area contributed by atoms with Crippen LogP contribution in [-0.4, -0.2) is 60.7 Å². The number of carbonyl (C=O) groups is 1. The van der Waals surface area contributed by atoms with E-state index in [4.69, 9.17) is 9.72 Å². The minimum absolute atomic E-state index is 0.180. The Morgan fingerprint density at radius 2 is 2.15 bits per heavy atom. The summed E-state index contributed by atoms with van der Waals surface area (Å²) in [5.74, 6) is 1.15. The average Bonchev–Trinajstić information content (AvgIpc) is 2.65. The standard InChI is InChI=1S/C20H32N4O2/c1-4-17-16(2)13-21-19(22-17)24-10-5-8-20(15-24)9-7-18(25)23(14-20)11-6-12-26-3/h13H,4-12,14-15H2,1-3H3/t20-/m0/s1. The fourth-order valence-electron chi connectivity index (χ4n) is 4.39. The molecule has 0 saturated carbocycles. The van der Waals surface area contributed by atoms with Gasteiger partial charge in [0.05, 0.1) is 0 Å².